The lowest BCUT2D eigenvalue weighted by atomic mass is 9.89. The van der Waals surface area contributed by atoms with Crippen molar-refractivity contribution in [1.29, 1.82) is 0 Å². The predicted octanol–water partition coefficient (Wildman–Crippen LogP) is 4.56. The lowest BCUT2D eigenvalue weighted by Crippen LogP contribution is -2.09. The van der Waals surface area contributed by atoms with E-state index in [-0.39, 0.29) is 18.8 Å². The maximum absolute atomic E-state index is 12.4. The number of carboxylic acids is 1. The van der Waals surface area contributed by atoms with Gasteiger partial charge in [0.15, 0.2) is 11.5 Å². The van der Waals surface area contributed by atoms with Crippen LogP contribution in [-0.2, 0) is 11.2 Å². The maximum atomic E-state index is 12.4. The third kappa shape index (κ3) is 4.33. The molecular weight excluding hydrogens is 396 g/mol. The van der Waals surface area contributed by atoms with Gasteiger partial charge < -0.3 is 24.1 Å². The summed E-state index contributed by atoms with van der Waals surface area (Å²) in [6, 6.07) is 20.2. The zero-order chi connectivity index (χ0) is 21.8. The van der Waals surface area contributed by atoms with Gasteiger partial charge in [0.05, 0.1) is 14.2 Å². The molecule has 0 saturated carbocycles. The first-order chi connectivity index (χ1) is 15.1. The number of fused-ring (bicyclic) bond motifs is 1. The molecule has 6 nitrogen and oxygen atoms in total. The number of aliphatic carboxylic acids is 1. The molecule has 1 heterocycles. The highest BCUT2D eigenvalue weighted by atomic mass is 16.7. The average Bonchev–Trinajstić information content (AvgIpc) is 3.27. The van der Waals surface area contributed by atoms with Crippen molar-refractivity contribution in [3.63, 3.8) is 0 Å². The molecule has 0 unspecified atom stereocenters. The normalized spacial score (nSPS) is 11.7. The number of hydrogen-bond donors (Lipinski definition) is 1. The van der Waals surface area contributed by atoms with E-state index in [1.807, 2.05) is 60.7 Å². The number of ether oxygens (including phenoxy) is 4. The third-order valence-corrected chi connectivity index (χ3v) is 5.14. The Bertz CT molecular complexity index is 1060. The number of benzene rings is 3. The first-order valence-corrected chi connectivity index (χ1v) is 9.73. The van der Waals surface area contributed by atoms with Crippen molar-refractivity contribution in [3.05, 3.63) is 89.0 Å². The van der Waals surface area contributed by atoms with Crippen LogP contribution in [0.4, 0.5) is 0 Å². The molecule has 0 saturated heterocycles. The minimum absolute atomic E-state index is 0.170. The Labute approximate surface area is 180 Å². The third-order valence-electron chi connectivity index (χ3n) is 5.14. The summed E-state index contributed by atoms with van der Waals surface area (Å²) in [5, 5.41) is 10.2. The smallest absolute Gasteiger partial charge is 0.332 e. The second kappa shape index (κ2) is 8.83. The summed E-state index contributed by atoms with van der Waals surface area (Å²) in [7, 11) is 3.19. The standard InChI is InChI=1S/C25H22O6/c1-28-19-8-4-17(5-9-19)24(18-6-10-20(29-2)11-7-18)21(25(26)27)13-16-3-12-22-23(14-16)31-15-30-22/h3-12,14H,13,15H2,1-2H3,(H,26,27). The lowest BCUT2D eigenvalue weighted by molar-refractivity contribution is -0.132. The predicted molar refractivity (Wildman–Crippen MR) is 116 cm³/mol. The summed E-state index contributed by atoms with van der Waals surface area (Å²) >= 11 is 0. The Morgan fingerprint density at radius 3 is 1.90 bits per heavy atom. The fraction of sp³-hybridized carbons (Fsp3) is 0.160. The van der Waals surface area contributed by atoms with Crippen LogP contribution in [0, 0.1) is 0 Å². The number of carbonyl (C=O) groups is 1. The van der Waals surface area contributed by atoms with Crippen LogP contribution in [0.1, 0.15) is 16.7 Å². The van der Waals surface area contributed by atoms with Gasteiger partial charge in [0.1, 0.15) is 11.5 Å². The van der Waals surface area contributed by atoms with Crippen LogP contribution < -0.4 is 18.9 Å². The minimum Gasteiger partial charge on any atom is -0.497 e. The summed E-state index contributed by atoms with van der Waals surface area (Å²) in [6.07, 6.45) is 0.222. The monoisotopic (exact) mass is 418 g/mol. The Kier molecular flexibility index (Phi) is 5.80. The van der Waals surface area contributed by atoms with Crippen LogP contribution in [0.15, 0.2) is 72.3 Å². The van der Waals surface area contributed by atoms with Gasteiger partial charge in [0.2, 0.25) is 6.79 Å². The summed E-state index contributed by atoms with van der Waals surface area (Å²) in [6.45, 7) is 0.170. The molecule has 0 atom stereocenters. The molecule has 158 valence electrons. The van der Waals surface area contributed by atoms with Gasteiger partial charge in [0, 0.05) is 12.0 Å². The number of hydrogen-bond acceptors (Lipinski definition) is 5. The average molecular weight is 418 g/mol. The van der Waals surface area contributed by atoms with Gasteiger partial charge in [-0.1, -0.05) is 30.3 Å². The van der Waals surface area contributed by atoms with Crippen molar-refractivity contribution >= 4 is 11.5 Å². The van der Waals surface area contributed by atoms with Crippen LogP contribution in [0.5, 0.6) is 23.0 Å². The number of methoxy groups -OCH3 is 2. The molecule has 1 aliphatic heterocycles. The van der Waals surface area contributed by atoms with Gasteiger partial charge >= 0.3 is 5.97 Å². The Morgan fingerprint density at radius 2 is 1.39 bits per heavy atom. The zero-order valence-electron chi connectivity index (χ0n) is 17.3. The largest absolute Gasteiger partial charge is 0.497 e. The van der Waals surface area contributed by atoms with Crippen LogP contribution >= 0.6 is 0 Å². The molecule has 6 heteroatoms. The van der Waals surface area contributed by atoms with Gasteiger partial charge in [-0.3, -0.25) is 0 Å². The molecule has 31 heavy (non-hydrogen) atoms. The molecule has 3 aromatic rings. The summed E-state index contributed by atoms with van der Waals surface area (Å²) in [5.41, 5.74) is 3.29. The SMILES string of the molecule is COc1ccc(C(=C(Cc2ccc3c(c2)OCO3)C(=O)O)c2ccc(OC)cc2)cc1. The summed E-state index contributed by atoms with van der Waals surface area (Å²) < 4.78 is 21.3. The molecule has 0 bridgehead atoms. The maximum Gasteiger partial charge on any atom is 0.332 e. The van der Waals surface area contributed by atoms with Crippen LogP contribution in [0.25, 0.3) is 5.57 Å². The van der Waals surface area contributed by atoms with Crippen LogP contribution in [0.3, 0.4) is 0 Å². The zero-order valence-corrected chi connectivity index (χ0v) is 17.3. The van der Waals surface area contributed by atoms with E-state index in [0.717, 1.165) is 16.7 Å². The second-order valence-electron chi connectivity index (χ2n) is 6.98. The van der Waals surface area contributed by atoms with E-state index in [9.17, 15) is 9.90 Å². The van der Waals surface area contributed by atoms with E-state index in [1.54, 1.807) is 20.3 Å². The van der Waals surface area contributed by atoms with Gasteiger partial charge in [0.25, 0.3) is 0 Å². The highest BCUT2D eigenvalue weighted by Crippen LogP contribution is 2.35. The topological polar surface area (TPSA) is 74.2 Å². The molecular formula is C25H22O6. The molecule has 3 aromatic carbocycles. The lowest BCUT2D eigenvalue weighted by Gasteiger charge is -2.15. The van der Waals surface area contributed by atoms with Crippen molar-refractivity contribution in [3.8, 4) is 23.0 Å². The van der Waals surface area contributed by atoms with Crippen molar-refractivity contribution < 1.29 is 28.8 Å². The molecule has 4 rings (SSSR count). The molecule has 0 radical (unpaired) electrons. The summed E-state index contributed by atoms with van der Waals surface area (Å²) in [5.74, 6) is 1.70. The highest BCUT2D eigenvalue weighted by Gasteiger charge is 2.21. The first kappa shape index (κ1) is 20.3. The van der Waals surface area contributed by atoms with Gasteiger partial charge in [-0.2, -0.15) is 0 Å². The van der Waals surface area contributed by atoms with Crippen LogP contribution in [0.2, 0.25) is 0 Å². The van der Waals surface area contributed by atoms with Gasteiger partial charge in [-0.05, 0) is 58.7 Å². The second-order valence-corrected chi connectivity index (χ2v) is 6.98. The molecule has 0 spiro atoms. The van der Waals surface area contributed by atoms with Crippen LogP contribution in [-0.4, -0.2) is 32.1 Å². The minimum atomic E-state index is -0.987. The highest BCUT2D eigenvalue weighted by molar-refractivity contribution is 6.01. The van der Waals surface area contributed by atoms with Crippen molar-refractivity contribution in [2.75, 3.05) is 21.0 Å². The first-order valence-electron chi connectivity index (χ1n) is 9.73. The Hall–Kier alpha value is -3.93. The fourth-order valence-corrected chi connectivity index (χ4v) is 3.56. The van der Waals surface area contributed by atoms with Gasteiger partial charge in [-0.15, -0.1) is 0 Å². The Balaban J connectivity index is 1.84. The van der Waals surface area contributed by atoms with Crippen molar-refractivity contribution in [2.45, 2.75) is 6.42 Å². The number of rotatable bonds is 7. The molecule has 1 N–H and O–H groups in total. The van der Waals surface area contributed by atoms with Crippen molar-refractivity contribution in [2.24, 2.45) is 0 Å². The summed E-state index contributed by atoms with van der Waals surface area (Å²) in [4.78, 5) is 12.4. The quantitative estimate of drug-likeness (QED) is 0.567. The van der Waals surface area contributed by atoms with E-state index >= 15 is 0 Å². The Morgan fingerprint density at radius 1 is 0.839 bits per heavy atom. The van der Waals surface area contributed by atoms with E-state index in [2.05, 4.69) is 0 Å². The molecule has 0 aliphatic carbocycles. The van der Waals surface area contributed by atoms with E-state index in [4.69, 9.17) is 18.9 Å². The molecule has 0 aromatic heterocycles. The molecule has 1 aliphatic rings. The van der Waals surface area contributed by atoms with E-state index in [1.165, 1.54) is 0 Å². The van der Waals surface area contributed by atoms with E-state index in [0.29, 0.717) is 28.6 Å². The van der Waals surface area contributed by atoms with Gasteiger partial charge in [-0.25, -0.2) is 4.79 Å². The molecule has 0 fully saturated rings. The number of carboxylic acid groups (broad SMARTS) is 1. The molecule has 0 amide bonds. The fourth-order valence-electron chi connectivity index (χ4n) is 3.56. The van der Waals surface area contributed by atoms with E-state index < -0.39 is 5.97 Å². The van der Waals surface area contributed by atoms with Crippen molar-refractivity contribution in [1.82, 2.24) is 0 Å².